The number of rotatable bonds is 4. The first kappa shape index (κ1) is 13.1. The van der Waals surface area contributed by atoms with E-state index >= 15 is 0 Å². The van der Waals surface area contributed by atoms with Crippen molar-refractivity contribution in [1.29, 1.82) is 0 Å². The molecule has 1 N–H and O–H groups in total. The zero-order chi connectivity index (χ0) is 13.1. The van der Waals surface area contributed by atoms with E-state index in [1.165, 1.54) is 38.8 Å². The number of nitrogens with zero attached hydrogens (tertiary/aromatic N) is 1. The van der Waals surface area contributed by atoms with Gasteiger partial charge in [-0.05, 0) is 42.9 Å². The fraction of sp³-hybridized carbons (Fsp3) is 0.647. The van der Waals surface area contributed by atoms with Crippen LogP contribution >= 0.6 is 0 Å². The normalized spacial score (nSPS) is 27.4. The lowest BCUT2D eigenvalue weighted by atomic mass is 9.97. The number of fused-ring (bicyclic) bond motifs is 1. The summed E-state index contributed by atoms with van der Waals surface area (Å²) in [6.07, 6.45) is 5.43. The predicted molar refractivity (Wildman–Crippen MR) is 80.2 cm³/mol. The summed E-state index contributed by atoms with van der Waals surface area (Å²) in [5.41, 5.74) is 3.11. The monoisotopic (exact) mass is 258 g/mol. The lowest BCUT2D eigenvalue weighted by molar-refractivity contribution is 0.199. The van der Waals surface area contributed by atoms with Crippen LogP contribution in [0.1, 0.15) is 37.3 Å². The topological polar surface area (TPSA) is 15.3 Å². The van der Waals surface area contributed by atoms with Crippen molar-refractivity contribution >= 4 is 0 Å². The van der Waals surface area contributed by atoms with Gasteiger partial charge in [-0.3, -0.25) is 4.90 Å². The van der Waals surface area contributed by atoms with Gasteiger partial charge in [0, 0.05) is 25.7 Å². The van der Waals surface area contributed by atoms with Crippen LogP contribution in [0.5, 0.6) is 0 Å². The molecule has 0 spiro atoms. The number of nitrogens with one attached hydrogen (secondary N) is 1. The Bertz CT molecular complexity index is 415. The Balaban J connectivity index is 1.60. The van der Waals surface area contributed by atoms with Gasteiger partial charge in [-0.25, -0.2) is 0 Å². The molecule has 0 aromatic heterocycles. The quantitative estimate of drug-likeness (QED) is 0.893. The van der Waals surface area contributed by atoms with Crippen molar-refractivity contribution in [2.45, 2.75) is 45.2 Å². The van der Waals surface area contributed by atoms with Crippen molar-refractivity contribution in [2.75, 3.05) is 19.6 Å². The van der Waals surface area contributed by atoms with Gasteiger partial charge in [0.25, 0.3) is 0 Å². The number of benzene rings is 1. The summed E-state index contributed by atoms with van der Waals surface area (Å²) in [4.78, 5) is 2.67. The molecule has 0 radical (unpaired) electrons. The minimum Gasteiger partial charge on any atom is -0.314 e. The predicted octanol–water partition coefficient (Wildman–Crippen LogP) is 2.82. The van der Waals surface area contributed by atoms with Crippen LogP contribution in [0.25, 0.3) is 0 Å². The summed E-state index contributed by atoms with van der Waals surface area (Å²) < 4.78 is 0. The van der Waals surface area contributed by atoms with Gasteiger partial charge in [-0.1, -0.05) is 37.6 Å². The van der Waals surface area contributed by atoms with Crippen LogP contribution in [0.2, 0.25) is 0 Å². The fourth-order valence-corrected chi connectivity index (χ4v) is 3.83. The van der Waals surface area contributed by atoms with Crippen LogP contribution in [0, 0.1) is 5.92 Å². The third-order valence-electron chi connectivity index (χ3n) is 4.83. The molecule has 3 rings (SSSR count). The van der Waals surface area contributed by atoms with Gasteiger partial charge in [0.05, 0.1) is 0 Å². The minimum absolute atomic E-state index is 0.766. The molecule has 2 heteroatoms. The fourth-order valence-electron chi connectivity index (χ4n) is 3.83. The highest BCUT2D eigenvalue weighted by atomic mass is 15.1. The van der Waals surface area contributed by atoms with Gasteiger partial charge in [0.15, 0.2) is 0 Å². The van der Waals surface area contributed by atoms with Crippen LogP contribution in [-0.4, -0.2) is 30.6 Å². The van der Waals surface area contributed by atoms with Crippen LogP contribution < -0.4 is 5.32 Å². The molecule has 0 saturated heterocycles. The average molecular weight is 258 g/mol. The van der Waals surface area contributed by atoms with Crippen molar-refractivity contribution in [1.82, 2.24) is 10.2 Å². The minimum atomic E-state index is 0.766. The average Bonchev–Trinajstić information content (AvgIpc) is 2.86. The number of hydrogen-bond acceptors (Lipinski definition) is 2. The van der Waals surface area contributed by atoms with Gasteiger partial charge in [-0.15, -0.1) is 0 Å². The van der Waals surface area contributed by atoms with E-state index in [2.05, 4.69) is 41.4 Å². The van der Waals surface area contributed by atoms with Crippen LogP contribution in [0.15, 0.2) is 24.3 Å². The molecule has 1 fully saturated rings. The van der Waals surface area contributed by atoms with Crippen molar-refractivity contribution in [3.05, 3.63) is 35.4 Å². The second-order valence-electron chi connectivity index (χ2n) is 6.11. The highest BCUT2D eigenvalue weighted by Crippen LogP contribution is 2.28. The van der Waals surface area contributed by atoms with E-state index in [4.69, 9.17) is 0 Å². The second kappa shape index (κ2) is 6.06. The summed E-state index contributed by atoms with van der Waals surface area (Å²) >= 11 is 0. The van der Waals surface area contributed by atoms with Crippen molar-refractivity contribution in [3.63, 3.8) is 0 Å². The van der Waals surface area contributed by atoms with E-state index in [1.54, 1.807) is 11.1 Å². The summed E-state index contributed by atoms with van der Waals surface area (Å²) in [5, 5.41) is 3.68. The highest BCUT2D eigenvalue weighted by Gasteiger charge is 2.29. The molecule has 2 aliphatic rings. The summed E-state index contributed by atoms with van der Waals surface area (Å²) in [6, 6.07) is 9.72. The Morgan fingerprint density at radius 2 is 2.05 bits per heavy atom. The molecule has 1 heterocycles. The largest absolute Gasteiger partial charge is 0.314 e. The summed E-state index contributed by atoms with van der Waals surface area (Å²) in [7, 11) is 0. The summed E-state index contributed by atoms with van der Waals surface area (Å²) in [6.45, 7) is 7.03. The van der Waals surface area contributed by atoms with E-state index < -0.39 is 0 Å². The lowest BCUT2D eigenvalue weighted by Gasteiger charge is -2.32. The van der Waals surface area contributed by atoms with E-state index in [1.807, 2.05) is 0 Å². The zero-order valence-electron chi connectivity index (χ0n) is 12.1. The smallest absolute Gasteiger partial charge is 0.0236 e. The maximum Gasteiger partial charge on any atom is 0.0236 e. The van der Waals surface area contributed by atoms with Gasteiger partial charge >= 0.3 is 0 Å². The standard InChI is InChI=1S/C17H26N2/c1-2-18-17-9-5-8-16(17)13-19-11-10-14-6-3-4-7-15(14)12-19/h3-4,6-7,16-18H,2,5,8-13H2,1H3. The molecule has 19 heavy (non-hydrogen) atoms. The lowest BCUT2D eigenvalue weighted by Crippen LogP contribution is -2.41. The SMILES string of the molecule is CCNC1CCCC1CN1CCc2ccccc2C1. The molecule has 0 bridgehead atoms. The van der Waals surface area contributed by atoms with E-state index in [0.29, 0.717) is 0 Å². The van der Waals surface area contributed by atoms with Crippen LogP contribution in [0.3, 0.4) is 0 Å². The highest BCUT2D eigenvalue weighted by molar-refractivity contribution is 5.29. The molecule has 0 amide bonds. The van der Waals surface area contributed by atoms with Crippen LogP contribution in [0.4, 0.5) is 0 Å². The molecule has 1 saturated carbocycles. The Morgan fingerprint density at radius 1 is 1.21 bits per heavy atom. The van der Waals surface area contributed by atoms with E-state index in [9.17, 15) is 0 Å². The Hall–Kier alpha value is -0.860. The maximum atomic E-state index is 3.68. The molecule has 2 atom stereocenters. The Morgan fingerprint density at radius 3 is 2.89 bits per heavy atom. The first-order valence-corrected chi connectivity index (χ1v) is 7.89. The first-order chi connectivity index (χ1) is 9.36. The second-order valence-corrected chi connectivity index (χ2v) is 6.11. The molecule has 1 aliphatic carbocycles. The Labute approximate surface area is 117 Å². The zero-order valence-corrected chi connectivity index (χ0v) is 12.1. The van der Waals surface area contributed by atoms with E-state index in [0.717, 1.165) is 25.0 Å². The summed E-state index contributed by atoms with van der Waals surface area (Å²) in [5.74, 6) is 0.866. The van der Waals surface area contributed by atoms with Crippen LogP contribution in [-0.2, 0) is 13.0 Å². The molecule has 104 valence electrons. The molecule has 2 nitrogen and oxygen atoms in total. The molecule has 1 aliphatic heterocycles. The third kappa shape index (κ3) is 3.01. The molecular weight excluding hydrogens is 232 g/mol. The number of hydrogen-bond donors (Lipinski definition) is 1. The Kier molecular flexibility index (Phi) is 4.19. The van der Waals surface area contributed by atoms with Gasteiger partial charge in [0.1, 0.15) is 0 Å². The van der Waals surface area contributed by atoms with Crippen molar-refractivity contribution < 1.29 is 0 Å². The first-order valence-electron chi connectivity index (χ1n) is 7.89. The third-order valence-corrected chi connectivity index (χ3v) is 4.83. The van der Waals surface area contributed by atoms with Gasteiger partial charge in [0.2, 0.25) is 0 Å². The molecule has 2 unspecified atom stereocenters. The molecule has 1 aromatic rings. The van der Waals surface area contributed by atoms with Crippen molar-refractivity contribution in [3.8, 4) is 0 Å². The van der Waals surface area contributed by atoms with E-state index in [-0.39, 0.29) is 0 Å². The van der Waals surface area contributed by atoms with Crippen molar-refractivity contribution in [2.24, 2.45) is 5.92 Å². The van der Waals surface area contributed by atoms with Gasteiger partial charge in [-0.2, -0.15) is 0 Å². The maximum absolute atomic E-state index is 3.68. The van der Waals surface area contributed by atoms with Gasteiger partial charge < -0.3 is 5.32 Å². The molecular formula is C17H26N2. The molecule has 1 aromatic carbocycles.